The lowest BCUT2D eigenvalue weighted by atomic mass is 10.1. The summed E-state index contributed by atoms with van der Waals surface area (Å²) in [6.07, 6.45) is 4.79. The molecule has 0 aliphatic heterocycles. The van der Waals surface area contributed by atoms with Crippen molar-refractivity contribution in [1.29, 1.82) is 0 Å². The molecule has 23 heavy (non-hydrogen) atoms. The van der Waals surface area contributed by atoms with E-state index in [-0.39, 0.29) is 30.7 Å². The number of aliphatic hydroxyl groups is 1. The Morgan fingerprint density at radius 1 is 1.30 bits per heavy atom. The van der Waals surface area contributed by atoms with E-state index < -0.39 is 6.10 Å². The zero-order chi connectivity index (χ0) is 16.7. The van der Waals surface area contributed by atoms with E-state index in [9.17, 15) is 14.7 Å². The second kappa shape index (κ2) is 9.03. The largest absolute Gasteiger partial charge is 0.387 e. The maximum Gasteiger partial charge on any atom is 0.220 e. The molecule has 2 amide bonds. The van der Waals surface area contributed by atoms with Gasteiger partial charge >= 0.3 is 0 Å². The molecule has 3 N–H and O–H groups in total. The Bertz CT molecular complexity index is 498. The van der Waals surface area contributed by atoms with Crippen molar-refractivity contribution >= 4 is 23.2 Å². The molecule has 128 valence electrons. The lowest BCUT2D eigenvalue weighted by molar-refractivity contribution is -0.127. The van der Waals surface area contributed by atoms with Crippen molar-refractivity contribution in [3.63, 3.8) is 0 Å². The molecule has 1 aliphatic rings. The van der Waals surface area contributed by atoms with E-state index in [1.807, 2.05) is 24.4 Å². The van der Waals surface area contributed by atoms with Gasteiger partial charge in [0.05, 0.1) is 6.10 Å². The lowest BCUT2D eigenvalue weighted by Crippen LogP contribution is -2.36. The predicted molar refractivity (Wildman–Crippen MR) is 91.1 cm³/mol. The number of hydrogen-bond acceptors (Lipinski definition) is 4. The molecule has 1 fully saturated rings. The fraction of sp³-hybridized carbons (Fsp3) is 0.647. The minimum Gasteiger partial charge on any atom is -0.387 e. The third-order valence-electron chi connectivity index (χ3n) is 4.16. The smallest absolute Gasteiger partial charge is 0.220 e. The van der Waals surface area contributed by atoms with Gasteiger partial charge in [-0.2, -0.15) is 0 Å². The Morgan fingerprint density at radius 3 is 2.65 bits per heavy atom. The Balaban J connectivity index is 1.62. The normalized spacial score (nSPS) is 17.7. The number of amides is 2. The molecule has 0 saturated heterocycles. The van der Waals surface area contributed by atoms with Gasteiger partial charge in [-0.3, -0.25) is 9.59 Å². The van der Waals surface area contributed by atoms with E-state index in [1.165, 1.54) is 24.2 Å². The van der Waals surface area contributed by atoms with Crippen LogP contribution in [0.1, 0.15) is 62.9 Å². The van der Waals surface area contributed by atoms with Crippen molar-refractivity contribution in [2.24, 2.45) is 0 Å². The summed E-state index contributed by atoms with van der Waals surface area (Å²) < 4.78 is 0. The van der Waals surface area contributed by atoms with Gasteiger partial charge in [-0.1, -0.05) is 18.9 Å². The topological polar surface area (TPSA) is 78.4 Å². The average molecular weight is 338 g/mol. The first kappa shape index (κ1) is 17.9. The summed E-state index contributed by atoms with van der Waals surface area (Å²) >= 11 is 1.51. The third-order valence-corrected chi connectivity index (χ3v) is 5.13. The van der Waals surface area contributed by atoms with Gasteiger partial charge in [0.25, 0.3) is 0 Å². The molecular weight excluding hydrogens is 312 g/mol. The van der Waals surface area contributed by atoms with Crippen molar-refractivity contribution in [1.82, 2.24) is 10.6 Å². The molecular formula is C17H26N2O3S. The van der Waals surface area contributed by atoms with E-state index in [0.29, 0.717) is 12.5 Å². The highest BCUT2D eigenvalue weighted by Gasteiger charge is 2.18. The zero-order valence-corrected chi connectivity index (χ0v) is 14.4. The Hall–Kier alpha value is -1.40. The van der Waals surface area contributed by atoms with Gasteiger partial charge in [0.1, 0.15) is 0 Å². The summed E-state index contributed by atoms with van der Waals surface area (Å²) in [6.45, 7) is 1.87. The minimum atomic E-state index is -0.559. The van der Waals surface area contributed by atoms with Gasteiger partial charge in [-0.05, 0) is 37.6 Å². The van der Waals surface area contributed by atoms with E-state index in [0.717, 1.165) is 17.7 Å². The number of thiophene rings is 1. The predicted octanol–water partition coefficient (Wildman–Crippen LogP) is 2.52. The number of rotatable bonds is 8. The van der Waals surface area contributed by atoms with Crippen LogP contribution in [0.3, 0.4) is 0 Å². The van der Waals surface area contributed by atoms with Crippen molar-refractivity contribution in [3.05, 3.63) is 22.4 Å². The van der Waals surface area contributed by atoms with Crippen molar-refractivity contribution in [2.45, 2.75) is 70.1 Å². The van der Waals surface area contributed by atoms with Gasteiger partial charge in [0, 0.05) is 29.8 Å². The lowest BCUT2D eigenvalue weighted by Gasteiger charge is -2.17. The molecule has 1 saturated carbocycles. The van der Waals surface area contributed by atoms with E-state index in [4.69, 9.17) is 0 Å². The molecule has 1 heterocycles. The molecule has 2 unspecified atom stereocenters. The summed E-state index contributed by atoms with van der Waals surface area (Å²) in [5.41, 5.74) is 0. The Labute approximate surface area is 141 Å². The maximum atomic E-state index is 11.9. The first-order valence-electron chi connectivity index (χ1n) is 8.35. The first-order chi connectivity index (χ1) is 11.0. The van der Waals surface area contributed by atoms with E-state index in [2.05, 4.69) is 10.6 Å². The molecule has 6 heteroatoms. The molecule has 0 bridgehead atoms. The fourth-order valence-corrected chi connectivity index (χ4v) is 3.66. The first-order valence-corrected chi connectivity index (χ1v) is 9.22. The van der Waals surface area contributed by atoms with Crippen LogP contribution in [0.5, 0.6) is 0 Å². The Kier molecular flexibility index (Phi) is 7.05. The van der Waals surface area contributed by atoms with Gasteiger partial charge in [-0.25, -0.2) is 0 Å². The van der Waals surface area contributed by atoms with Crippen molar-refractivity contribution in [3.8, 4) is 0 Å². The zero-order valence-electron chi connectivity index (χ0n) is 13.6. The van der Waals surface area contributed by atoms with Crippen LogP contribution in [0.15, 0.2) is 17.5 Å². The van der Waals surface area contributed by atoms with Crippen LogP contribution >= 0.6 is 11.3 Å². The maximum absolute atomic E-state index is 11.9. The molecule has 0 radical (unpaired) electrons. The number of nitrogens with one attached hydrogen (secondary N) is 2. The number of aliphatic hydroxyl groups excluding tert-OH is 1. The van der Waals surface area contributed by atoms with Crippen molar-refractivity contribution < 1.29 is 14.7 Å². The van der Waals surface area contributed by atoms with Crippen molar-refractivity contribution in [2.75, 3.05) is 0 Å². The number of hydrogen-bond donors (Lipinski definition) is 3. The summed E-state index contributed by atoms with van der Waals surface area (Å²) in [4.78, 5) is 24.6. The highest BCUT2D eigenvalue weighted by molar-refractivity contribution is 7.10. The highest BCUT2D eigenvalue weighted by atomic mass is 32.1. The van der Waals surface area contributed by atoms with Crippen LogP contribution < -0.4 is 10.6 Å². The molecule has 2 atom stereocenters. The molecule has 5 nitrogen and oxygen atoms in total. The minimum absolute atomic E-state index is 0.0432. The molecule has 1 aromatic heterocycles. The second-order valence-corrected chi connectivity index (χ2v) is 7.26. The molecule has 1 aromatic rings. The van der Waals surface area contributed by atoms with E-state index >= 15 is 0 Å². The van der Waals surface area contributed by atoms with Crippen LogP contribution in [-0.4, -0.2) is 29.0 Å². The molecule has 1 aliphatic carbocycles. The molecule has 0 spiro atoms. The monoisotopic (exact) mass is 338 g/mol. The third kappa shape index (κ3) is 6.31. The summed E-state index contributed by atoms with van der Waals surface area (Å²) in [5.74, 6) is -0.184. The van der Waals surface area contributed by atoms with Crippen LogP contribution in [0, 0.1) is 0 Å². The second-order valence-electron chi connectivity index (χ2n) is 6.28. The van der Waals surface area contributed by atoms with Crippen LogP contribution in [-0.2, 0) is 9.59 Å². The van der Waals surface area contributed by atoms with Gasteiger partial charge in [0.2, 0.25) is 11.8 Å². The highest BCUT2D eigenvalue weighted by Crippen LogP contribution is 2.22. The fourth-order valence-electron chi connectivity index (χ4n) is 2.93. The van der Waals surface area contributed by atoms with Gasteiger partial charge < -0.3 is 15.7 Å². The summed E-state index contributed by atoms with van der Waals surface area (Å²) in [7, 11) is 0. The standard InChI is InChI=1S/C17H26N2O3S/c1-12(11-14(20)15-7-4-10-23-15)18-16(21)8-9-17(22)19-13-5-2-3-6-13/h4,7,10,12-14,20H,2-3,5-6,8-9,11H2,1H3,(H,18,21)(H,19,22). The van der Waals surface area contributed by atoms with Gasteiger partial charge in [0.15, 0.2) is 0 Å². The average Bonchev–Trinajstić information content (AvgIpc) is 3.18. The number of carbonyl (C=O) groups is 2. The SMILES string of the molecule is CC(CC(O)c1cccs1)NC(=O)CCC(=O)NC1CCCC1. The molecule has 2 rings (SSSR count). The summed E-state index contributed by atoms with van der Waals surface area (Å²) in [5, 5.41) is 17.8. The Morgan fingerprint density at radius 2 is 2.00 bits per heavy atom. The molecule has 0 aromatic carbocycles. The number of carbonyl (C=O) groups excluding carboxylic acids is 2. The van der Waals surface area contributed by atoms with Crippen LogP contribution in [0.25, 0.3) is 0 Å². The summed E-state index contributed by atoms with van der Waals surface area (Å²) in [6, 6.07) is 3.95. The van der Waals surface area contributed by atoms with Crippen LogP contribution in [0.2, 0.25) is 0 Å². The van der Waals surface area contributed by atoms with Crippen LogP contribution in [0.4, 0.5) is 0 Å². The quantitative estimate of drug-likeness (QED) is 0.681. The van der Waals surface area contributed by atoms with E-state index in [1.54, 1.807) is 0 Å². The van der Waals surface area contributed by atoms with Gasteiger partial charge in [-0.15, -0.1) is 11.3 Å².